The second-order valence-corrected chi connectivity index (χ2v) is 5.74. The molecule has 1 aliphatic heterocycles. The fourth-order valence-corrected chi connectivity index (χ4v) is 2.62. The summed E-state index contributed by atoms with van der Waals surface area (Å²) >= 11 is 2.26. The summed E-state index contributed by atoms with van der Waals surface area (Å²) in [7, 11) is 0. The first-order valence-electron chi connectivity index (χ1n) is 6.32. The van der Waals surface area contributed by atoms with Crippen LogP contribution >= 0.6 is 22.6 Å². The number of likely N-dealkylation sites (N-methyl/N-ethyl adjacent to an activating group) is 1. The fourth-order valence-electron chi connectivity index (χ4n) is 2.11. The molecule has 4 nitrogen and oxygen atoms in total. The van der Waals surface area contributed by atoms with Gasteiger partial charge in [0.2, 0.25) is 0 Å². The molecular weight excluding hydrogens is 341 g/mol. The van der Waals surface area contributed by atoms with Crippen LogP contribution in [0.25, 0.3) is 0 Å². The number of hydrogen-bond acceptors (Lipinski definition) is 4. The average Bonchev–Trinajstić information content (AvgIpc) is 2.38. The van der Waals surface area contributed by atoms with Gasteiger partial charge >= 0.3 is 0 Å². The minimum Gasteiger partial charge on any atom is -0.397 e. The van der Waals surface area contributed by atoms with Gasteiger partial charge in [0.1, 0.15) is 0 Å². The molecule has 1 unspecified atom stereocenters. The van der Waals surface area contributed by atoms with E-state index in [0.717, 1.165) is 47.7 Å². The summed E-state index contributed by atoms with van der Waals surface area (Å²) in [6, 6.07) is 6.06. The van der Waals surface area contributed by atoms with E-state index in [4.69, 9.17) is 10.5 Å². The molecule has 0 saturated carbocycles. The maximum Gasteiger partial charge on any atom is 0.0874 e. The van der Waals surface area contributed by atoms with E-state index >= 15 is 0 Å². The molecule has 2 rings (SSSR count). The molecule has 5 heteroatoms. The summed E-state index contributed by atoms with van der Waals surface area (Å²) in [5.41, 5.74) is 7.76. The highest BCUT2D eigenvalue weighted by atomic mass is 127. The number of ether oxygens (including phenoxy) is 1. The minimum atomic E-state index is 0.248. The highest BCUT2D eigenvalue weighted by Crippen LogP contribution is 2.21. The number of benzene rings is 1. The molecule has 1 heterocycles. The van der Waals surface area contributed by atoms with Gasteiger partial charge in [0.05, 0.1) is 24.1 Å². The van der Waals surface area contributed by atoms with Gasteiger partial charge in [-0.05, 0) is 47.3 Å². The van der Waals surface area contributed by atoms with E-state index in [1.807, 2.05) is 12.1 Å². The normalized spacial score (nSPS) is 20.9. The molecular formula is C13H20IN3O. The van der Waals surface area contributed by atoms with Gasteiger partial charge in [0.15, 0.2) is 0 Å². The molecule has 1 atom stereocenters. The van der Waals surface area contributed by atoms with Crippen molar-refractivity contribution in [2.75, 3.05) is 43.8 Å². The Morgan fingerprint density at radius 3 is 3.11 bits per heavy atom. The molecule has 1 fully saturated rings. The molecule has 3 N–H and O–H groups in total. The van der Waals surface area contributed by atoms with Gasteiger partial charge in [0, 0.05) is 23.2 Å². The van der Waals surface area contributed by atoms with Crippen LogP contribution in [0.1, 0.15) is 6.92 Å². The lowest BCUT2D eigenvalue weighted by atomic mass is 10.2. The van der Waals surface area contributed by atoms with Gasteiger partial charge in [-0.2, -0.15) is 0 Å². The maximum absolute atomic E-state index is 5.97. The number of anilines is 2. The third-order valence-corrected chi connectivity index (χ3v) is 3.87. The van der Waals surface area contributed by atoms with Gasteiger partial charge in [-0.1, -0.05) is 6.92 Å². The summed E-state index contributed by atoms with van der Waals surface area (Å²) in [4.78, 5) is 2.41. The van der Waals surface area contributed by atoms with E-state index in [9.17, 15) is 0 Å². The third-order valence-electron chi connectivity index (χ3n) is 3.20. The van der Waals surface area contributed by atoms with Gasteiger partial charge in [-0.3, -0.25) is 4.90 Å². The Balaban J connectivity index is 1.87. The van der Waals surface area contributed by atoms with Crippen LogP contribution in [0.15, 0.2) is 18.2 Å². The van der Waals surface area contributed by atoms with E-state index in [-0.39, 0.29) is 6.10 Å². The van der Waals surface area contributed by atoms with Gasteiger partial charge < -0.3 is 15.8 Å². The van der Waals surface area contributed by atoms with Crippen molar-refractivity contribution in [2.24, 2.45) is 0 Å². The zero-order valence-corrected chi connectivity index (χ0v) is 12.8. The molecule has 1 saturated heterocycles. The van der Waals surface area contributed by atoms with Crippen LogP contribution < -0.4 is 11.1 Å². The molecule has 1 aromatic carbocycles. The zero-order chi connectivity index (χ0) is 13.0. The third kappa shape index (κ3) is 3.73. The molecule has 0 aromatic heterocycles. The molecule has 0 radical (unpaired) electrons. The minimum absolute atomic E-state index is 0.248. The standard InChI is InChI=1S/C13H20IN3O/c1-2-17-5-6-18-11(9-17)8-16-13-4-3-10(14)7-12(13)15/h3-4,7,11,16H,2,5-6,8-9,15H2,1H3. The monoisotopic (exact) mass is 361 g/mol. The highest BCUT2D eigenvalue weighted by molar-refractivity contribution is 14.1. The van der Waals surface area contributed by atoms with Crippen LogP contribution in [0, 0.1) is 3.57 Å². The fraction of sp³-hybridized carbons (Fsp3) is 0.538. The quantitative estimate of drug-likeness (QED) is 0.636. The van der Waals surface area contributed by atoms with Crippen molar-refractivity contribution in [3.63, 3.8) is 0 Å². The molecule has 0 aliphatic carbocycles. The van der Waals surface area contributed by atoms with Gasteiger partial charge in [0.25, 0.3) is 0 Å². The number of nitrogens with one attached hydrogen (secondary N) is 1. The number of nitrogens with zero attached hydrogens (tertiary/aromatic N) is 1. The lowest BCUT2D eigenvalue weighted by molar-refractivity contribution is -0.0191. The van der Waals surface area contributed by atoms with Crippen molar-refractivity contribution in [3.05, 3.63) is 21.8 Å². The molecule has 0 amide bonds. The SMILES string of the molecule is CCN1CCOC(CNc2ccc(I)cc2N)C1. The number of rotatable bonds is 4. The Kier molecular flexibility index (Phi) is 5.08. The molecule has 0 bridgehead atoms. The first-order valence-corrected chi connectivity index (χ1v) is 7.39. The smallest absolute Gasteiger partial charge is 0.0874 e. The Morgan fingerprint density at radius 2 is 2.39 bits per heavy atom. The number of halogens is 1. The van der Waals surface area contributed by atoms with Crippen molar-refractivity contribution < 1.29 is 4.74 Å². The number of nitrogens with two attached hydrogens (primary N) is 1. The van der Waals surface area contributed by atoms with E-state index in [1.54, 1.807) is 0 Å². The summed E-state index contributed by atoms with van der Waals surface area (Å²) in [6.45, 7) is 6.94. The largest absolute Gasteiger partial charge is 0.397 e. The van der Waals surface area contributed by atoms with Gasteiger partial charge in [-0.25, -0.2) is 0 Å². The Hall–Kier alpha value is -0.530. The topological polar surface area (TPSA) is 50.5 Å². The van der Waals surface area contributed by atoms with Crippen LogP contribution in [0.2, 0.25) is 0 Å². The van der Waals surface area contributed by atoms with Crippen molar-refractivity contribution in [1.82, 2.24) is 4.90 Å². The van der Waals surface area contributed by atoms with Crippen LogP contribution in [-0.2, 0) is 4.74 Å². The Morgan fingerprint density at radius 1 is 1.56 bits per heavy atom. The van der Waals surface area contributed by atoms with Crippen LogP contribution in [0.5, 0.6) is 0 Å². The first-order chi connectivity index (χ1) is 8.69. The summed E-state index contributed by atoms with van der Waals surface area (Å²) < 4.78 is 6.90. The molecule has 100 valence electrons. The number of morpholine rings is 1. The molecule has 18 heavy (non-hydrogen) atoms. The molecule has 0 spiro atoms. The van der Waals surface area contributed by atoms with E-state index in [1.165, 1.54) is 0 Å². The van der Waals surface area contributed by atoms with Crippen molar-refractivity contribution in [2.45, 2.75) is 13.0 Å². The van der Waals surface area contributed by atoms with Crippen LogP contribution in [0.4, 0.5) is 11.4 Å². The van der Waals surface area contributed by atoms with Crippen LogP contribution in [-0.4, -0.2) is 43.8 Å². The maximum atomic E-state index is 5.97. The van der Waals surface area contributed by atoms with Crippen molar-refractivity contribution in [3.8, 4) is 0 Å². The lowest BCUT2D eigenvalue weighted by Crippen LogP contribution is -2.45. The summed E-state index contributed by atoms with van der Waals surface area (Å²) in [6.07, 6.45) is 0.248. The first kappa shape index (κ1) is 13.9. The van der Waals surface area contributed by atoms with E-state index < -0.39 is 0 Å². The van der Waals surface area contributed by atoms with Crippen molar-refractivity contribution in [1.29, 1.82) is 0 Å². The second-order valence-electron chi connectivity index (χ2n) is 4.50. The predicted octanol–water partition coefficient (Wildman–Crippen LogP) is 2.01. The number of hydrogen-bond donors (Lipinski definition) is 2. The van der Waals surface area contributed by atoms with Gasteiger partial charge in [-0.15, -0.1) is 0 Å². The average molecular weight is 361 g/mol. The van der Waals surface area contributed by atoms with Crippen LogP contribution in [0.3, 0.4) is 0 Å². The van der Waals surface area contributed by atoms with E-state index in [2.05, 4.69) is 45.8 Å². The van der Waals surface area contributed by atoms with Crippen molar-refractivity contribution >= 4 is 34.0 Å². The number of nitrogen functional groups attached to an aromatic ring is 1. The Labute approximate surface area is 122 Å². The summed E-state index contributed by atoms with van der Waals surface area (Å²) in [5, 5.41) is 3.37. The predicted molar refractivity (Wildman–Crippen MR) is 83.9 cm³/mol. The Bertz CT molecular complexity index is 400. The van der Waals surface area contributed by atoms with E-state index in [0.29, 0.717) is 0 Å². The highest BCUT2D eigenvalue weighted by Gasteiger charge is 2.18. The zero-order valence-electron chi connectivity index (χ0n) is 10.7. The summed E-state index contributed by atoms with van der Waals surface area (Å²) in [5.74, 6) is 0. The molecule has 1 aromatic rings. The lowest BCUT2D eigenvalue weighted by Gasteiger charge is -2.32. The second kappa shape index (κ2) is 6.58. The molecule has 1 aliphatic rings.